The van der Waals surface area contributed by atoms with E-state index in [1.165, 1.54) is 0 Å². The lowest BCUT2D eigenvalue weighted by atomic mass is 9.93. The summed E-state index contributed by atoms with van der Waals surface area (Å²) in [5.74, 6) is 0.128. The molecule has 21 heavy (non-hydrogen) atoms. The van der Waals surface area contributed by atoms with Gasteiger partial charge in [-0.1, -0.05) is 28.9 Å². The summed E-state index contributed by atoms with van der Waals surface area (Å²) >= 11 is 3.43. The number of aliphatic hydroxyl groups excluding tert-OH is 1. The minimum absolute atomic E-state index is 0.128. The SMILES string of the molecule is Cc1cc(Br)ccc1C(C)CC(O)NC(=O)OC(C)(C)C. The van der Waals surface area contributed by atoms with Crippen LogP contribution in [0.1, 0.15) is 51.2 Å². The molecule has 0 aliphatic rings. The van der Waals surface area contributed by atoms with Crippen LogP contribution >= 0.6 is 15.9 Å². The number of nitrogens with one attached hydrogen (secondary N) is 1. The van der Waals surface area contributed by atoms with Gasteiger partial charge in [0, 0.05) is 4.47 Å². The number of hydrogen-bond acceptors (Lipinski definition) is 3. The third-order valence-electron chi connectivity index (χ3n) is 3.02. The Morgan fingerprint density at radius 1 is 1.43 bits per heavy atom. The first-order valence-corrected chi connectivity index (χ1v) is 7.81. The second-order valence-corrected chi connectivity index (χ2v) is 7.22. The van der Waals surface area contributed by atoms with E-state index >= 15 is 0 Å². The van der Waals surface area contributed by atoms with Gasteiger partial charge in [-0.2, -0.15) is 0 Å². The molecule has 0 aliphatic carbocycles. The van der Waals surface area contributed by atoms with E-state index in [2.05, 4.69) is 21.2 Å². The van der Waals surface area contributed by atoms with Crippen LogP contribution in [-0.4, -0.2) is 23.0 Å². The molecule has 0 saturated carbocycles. The van der Waals surface area contributed by atoms with Crippen molar-refractivity contribution in [1.29, 1.82) is 0 Å². The van der Waals surface area contributed by atoms with Crippen molar-refractivity contribution in [2.45, 2.75) is 58.8 Å². The first-order chi connectivity index (χ1) is 9.58. The maximum Gasteiger partial charge on any atom is 0.409 e. The van der Waals surface area contributed by atoms with Gasteiger partial charge >= 0.3 is 6.09 Å². The largest absolute Gasteiger partial charge is 0.444 e. The van der Waals surface area contributed by atoms with E-state index < -0.39 is 17.9 Å². The van der Waals surface area contributed by atoms with E-state index in [9.17, 15) is 9.90 Å². The maximum absolute atomic E-state index is 11.6. The Morgan fingerprint density at radius 2 is 2.05 bits per heavy atom. The number of carbonyl (C=O) groups is 1. The van der Waals surface area contributed by atoms with Crippen molar-refractivity contribution in [3.05, 3.63) is 33.8 Å². The van der Waals surface area contributed by atoms with E-state index in [1.54, 1.807) is 20.8 Å². The van der Waals surface area contributed by atoms with Crippen molar-refractivity contribution in [2.24, 2.45) is 0 Å². The van der Waals surface area contributed by atoms with Crippen LogP contribution in [0.5, 0.6) is 0 Å². The molecule has 0 spiro atoms. The lowest BCUT2D eigenvalue weighted by Gasteiger charge is -2.23. The van der Waals surface area contributed by atoms with Gasteiger partial charge < -0.3 is 9.84 Å². The molecule has 4 nitrogen and oxygen atoms in total. The first kappa shape index (κ1) is 18.0. The Morgan fingerprint density at radius 3 is 2.57 bits per heavy atom. The molecule has 0 heterocycles. The molecular formula is C16H24BrNO3. The van der Waals surface area contributed by atoms with Gasteiger partial charge in [-0.3, -0.25) is 5.32 Å². The highest BCUT2D eigenvalue weighted by Gasteiger charge is 2.20. The van der Waals surface area contributed by atoms with Crippen LogP contribution in [0.25, 0.3) is 0 Å². The van der Waals surface area contributed by atoms with Crippen LogP contribution in [0.3, 0.4) is 0 Å². The Balaban J connectivity index is 2.58. The topological polar surface area (TPSA) is 58.6 Å². The summed E-state index contributed by atoms with van der Waals surface area (Å²) in [5.41, 5.74) is 1.74. The van der Waals surface area contributed by atoms with Crippen LogP contribution in [0, 0.1) is 6.92 Å². The van der Waals surface area contributed by atoms with Gasteiger partial charge in [-0.25, -0.2) is 4.79 Å². The molecule has 1 rings (SSSR count). The van der Waals surface area contributed by atoms with Crippen LogP contribution in [0.4, 0.5) is 4.79 Å². The maximum atomic E-state index is 11.6. The van der Waals surface area contributed by atoms with Gasteiger partial charge in [0.05, 0.1) is 0 Å². The number of alkyl carbamates (subject to hydrolysis) is 1. The molecule has 0 aliphatic heterocycles. The number of halogens is 1. The van der Waals surface area contributed by atoms with Crippen LogP contribution in [0.2, 0.25) is 0 Å². The van der Waals surface area contributed by atoms with E-state index in [0.29, 0.717) is 6.42 Å². The number of aliphatic hydroxyl groups is 1. The molecule has 1 amide bonds. The van der Waals surface area contributed by atoms with Crippen LogP contribution < -0.4 is 5.32 Å². The van der Waals surface area contributed by atoms with Crippen molar-refractivity contribution >= 4 is 22.0 Å². The highest BCUT2D eigenvalue weighted by molar-refractivity contribution is 9.10. The third kappa shape index (κ3) is 6.48. The summed E-state index contributed by atoms with van der Waals surface area (Å²) in [7, 11) is 0. The standard InChI is InChI=1S/C16H24BrNO3/c1-10-8-12(17)6-7-13(10)11(2)9-14(19)18-15(20)21-16(3,4)5/h6-8,11,14,19H,9H2,1-5H3,(H,18,20). The number of benzene rings is 1. The minimum Gasteiger partial charge on any atom is -0.444 e. The fourth-order valence-electron chi connectivity index (χ4n) is 2.16. The van der Waals surface area contributed by atoms with Gasteiger partial charge in [-0.05, 0) is 63.3 Å². The molecule has 0 fully saturated rings. The van der Waals surface area contributed by atoms with Crippen molar-refractivity contribution in [3.63, 3.8) is 0 Å². The van der Waals surface area contributed by atoms with E-state index in [0.717, 1.165) is 15.6 Å². The van der Waals surface area contributed by atoms with Gasteiger partial charge in [0.15, 0.2) is 0 Å². The average molecular weight is 358 g/mol. The quantitative estimate of drug-likeness (QED) is 0.797. The van der Waals surface area contributed by atoms with Gasteiger partial charge in [0.1, 0.15) is 11.8 Å². The van der Waals surface area contributed by atoms with Crippen molar-refractivity contribution in [3.8, 4) is 0 Å². The summed E-state index contributed by atoms with van der Waals surface area (Å²) in [6.45, 7) is 9.41. The normalized spacial score (nSPS) is 14.4. The van der Waals surface area contributed by atoms with E-state index in [4.69, 9.17) is 4.74 Å². The Labute approximate surface area is 135 Å². The molecule has 0 radical (unpaired) electrons. The highest BCUT2D eigenvalue weighted by Crippen LogP contribution is 2.26. The van der Waals surface area contributed by atoms with E-state index in [1.807, 2.05) is 32.0 Å². The van der Waals surface area contributed by atoms with Gasteiger partial charge in [0.25, 0.3) is 0 Å². The van der Waals surface area contributed by atoms with Crippen LogP contribution in [-0.2, 0) is 4.74 Å². The molecule has 2 atom stereocenters. The average Bonchev–Trinajstić information content (AvgIpc) is 2.24. The lowest BCUT2D eigenvalue weighted by Crippen LogP contribution is -2.39. The molecule has 2 N–H and O–H groups in total. The highest BCUT2D eigenvalue weighted by atomic mass is 79.9. The summed E-state index contributed by atoms with van der Waals surface area (Å²) in [5, 5.41) is 12.4. The van der Waals surface area contributed by atoms with Crippen molar-refractivity contribution < 1.29 is 14.6 Å². The zero-order valence-corrected chi connectivity index (χ0v) is 14.8. The summed E-state index contributed by atoms with van der Waals surface area (Å²) in [6.07, 6.45) is -1.10. The molecule has 0 saturated heterocycles. The third-order valence-corrected chi connectivity index (χ3v) is 3.52. The minimum atomic E-state index is -0.933. The van der Waals surface area contributed by atoms with E-state index in [-0.39, 0.29) is 5.92 Å². The molecule has 2 unspecified atom stereocenters. The molecule has 0 bridgehead atoms. The van der Waals surface area contributed by atoms with Gasteiger partial charge in [-0.15, -0.1) is 0 Å². The van der Waals surface area contributed by atoms with Crippen molar-refractivity contribution in [1.82, 2.24) is 5.32 Å². The Bertz CT molecular complexity index is 497. The number of amides is 1. The Kier molecular flexibility index (Phi) is 6.23. The second kappa shape index (κ2) is 7.27. The monoisotopic (exact) mass is 357 g/mol. The van der Waals surface area contributed by atoms with Gasteiger partial charge in [0.2, 0.25) is 0 Å². The summed E-state index contributed by atoms with van der Waals surface area (Å²) in [4.78, 5) is 11.6. The molecule has 1 aromatic carbocycles. The Hall–Kier alpha value is -1.07. The summed E-state index contributed by atoms with van der Waals surface area (Å²) in [6, 6.07) is 6.05. The number of aryl methyl sites for hydroxylation is 1. The lowest BCUT2D eigenvalue weighted by molar-refractivity contribution is 0.0335. The fraction of sp³-hybridized carbons (Fsp3) is 0.562. The molecule has 118 valence electrons. The predicted octanol–water partition coefficient (Wildman–Crippen LogP) is 4.09. The smallest absolute Gasteiger partial charge is 0.409 e. The molecular weight excluding hydrogens is 334 g/mol. The summed E-state index contributed by atoms with van der Waals surface area (Å²) < 4.78 is 6.15. The second-order valence-electron chi connectivity index (χ2n) is 6.30. The number of ether oxygens (including phenoxy) is 1. The zero-order valence-electron chi connectivity index (χ0n) is 13.2. The predicted molar refractivity (Wildman–Crippen MR) is 87.3 cm³/mol. The number of carbonyl (C=O) groups excluding carboxylic acids is 1. The fourth-order valence-corrected chi connectivity index (χ4v) is 2.63. The van der Waals surface area contributed by atoms with Crippen LogP contribution in [0.15, 0.2) is 22.7 Å². The first-order valence-electron chi connectivity index (χ1n) is 7.02. The van der Waals surface area contributed by atoms with Crippen molar-refractivity contribution in [2.75, 3.05) is 0 Å². The zero-order chi connectivity index (χ0) is 16.2. The number of hydrogen-bond donors (Lipinski definition) is 2. The molecule has 5 heteroatoms. The molecule has 0 aromatic heterocycles. The number of rotatable bonds is 4. The molecule has 1 aromatic rings.